The van der Waals surface area contributed by atoms with Crippen molar-refractivity contribution in [1.82, 2.24) is 9.97 Å². The van der Waals surface area contributed by atoms with Crippen LogP contribution in [0.15, 0.2) is 16.6 Å². The van der Waals surface area contributed by atoms with Crippen molar-refractivity contribution < 1.29 is 13.2 Å². The van der Waals surface area contributed by atoms with Crippen LogP contribution in [-0.2, 0) is 0 Å². The first-order valence-electron chi connectivity index (χ1n) is 3.61. The van der Waals surface area contributed by atoms with Gasteiger partial charge in [-0.3, -0.25) is 0 Å². The third-order valence-corrected chi connectivity index (χ3v) is 3.84. The van der Waals surface area contributed by atoms with Gasteiger partial charge in [0.2, 0.25) is 0 Å². The molecule has 0 amide bonds. The molecule has 0 unspecified atom stereocenters. The van der Waals surface area contributed by atoms with Crippen molar-refractivity contribution in [2.24, 2.45) is 0 Å². The molecule has 0 saturated heterocycles. The van der Waals surface area contributed by atoms with Gasteiger partial charge in [-0.2, -0.15) is 13.2 Å². The SMILES string of the molecule is FC(F)(F)Sc1cc2ncnc(Cl)c2s1. The van der Waals surface area contributed by atoms with Crippen LogP contribution in [0.5, 0.6) is 0 Å². The lowest BCUT2D eigenvalue weighted by Crippen LogP contribution is -1.97. The predicted molar refractivity (Wildman–Crippen MR) is 54.3 cm³/mol. The minimum atomic E-state index is -4.29. The molecule has 0 aliphatic rings. The highest BCUT2D eigenvalue weighted by atomic mass is 35.5. The molecule has 0 radical (unpaired) electrons. The first-order valence-corrected chi connectivity index (χ1v) is 5.62. The molecular weight excluding hydrogens is 269 g/mol. The van der Waals surface area contributed by atoms with E-state index in [0.29, 0.717) is 10.2 Å². The summed E-state index contributed by atoms with van der Waals surface area (Å²) in [5, 5.41) is 0.180. The van der Waals surface area contributed by atoms with E-state index in [1.54, 1.807) is 0 Å². The maximum Gasteiger partial charge on any atom is 0.447 e. The number of hydrogen-bond acceptors (Lipinski definition) is 4. The number of aromatic nitrogens is 2. The quantitative estimate of drug-likeness (QED) is 0.579. The molecular formula is C7H2ClF3N2S2. The highest BCUT2D eigenvalue weighted by molar-refractivity contribution is 8.02. The topological polar surface area (TPSA) is 25.8 Å². The zero-order valence-electron chi connectivity index (χ0n) is 6.88. The lowest BCUT2D eigenvalue weighted by Gasteiger charge is -2.00. The van der Waals surface area contributed by atoms with Gasteiger partial charge in [0.05, 0.1) is 14.4 Å². The van der Waals surface area contributed by atoms with Gasteiger partial charge in [-0.25, -0.2) is 9.97 Å². The van der Waals surface area contributed by atoms with Gasteiger partial charge in [0, 0.05) is 0 Å². The van der Waals surface area contributed by atoms with Crippen molar-refractivity contribution in [2.45, 2.75) is 9.72 Å². The van der Waals surface area contributed by atoms with E-state index < -0.39 is 5.51 Å². The first-order chi connectivity index (χ1) is 6.96. The Hall–Kier alpha value is -0.530. The third kappa shape index (κ3) is 2.53. The largest absolute Gasteiger partial charge is 0.447 e. The summed E-state index contributed by atoms with van der Waals surface area (Å²) in [6.45, 7) is 0. The summed E-state index contributed by atoms with van der Waals surface area (Å²) >= 11 is 6.47. The van der Waals surface area contributed by atoms with E-state index >= 15 is 0 Å². The highest BCUT2D eigenvalue weighted by Crippen LogP contribution is 2.42. The third-order valence-electron chi connectivity index (χ3n) is 1.46. The molecule has 8 heteroatoms. The molecule has 0 aromatic carbocycles. The number of hydrogen-bond donors (Lipinski definition) is 0. The average Bonchev–Trinajstić information content (AvgIpc) is 2.45. The normalized spacial score (nSPS) is 12.3. The number of fused-ring (bicyclic) bond motifs is 1. The second-order valence-electron chi connectivity index (χ2n) is 2.49. The zero-order valence-corrected chi connectivity index (χ0v) is 9.27. The van der Waals surface area contributed by atoms with Crippen LogP contribution >= 0.6 is 34.7 Å². The molecule has 2 aromatic rings. The smallest absolute Gasteiger partial charge is 0.235 e. The molecule has 2 heterocycles. The molecule has 0 fully saturated rings. The van der Waals surface area contributed by atoms with Gasteiger partial charge < -0.3 is 0 Å². The van der Waals surface area contributed by atoms with Gasteiger partial charge in [0.15, 0.2) is 0 Å². The maximum absolute atomic E-state index is 12.1. The molecule has 80 valence electrons. The summed E-state index contributed by atoms with van der Waals surface area (Å²) in [4.78, 5) is 7.52. The molecule has 0 saturated carbocycles. The van der Waals surface area contributed by atoms with Crippen molar-refractivity contribution in [2.75, 3.05) is 0 Å². The molecule has 0 aliphatic heterocycles. The summed E-state index contributed by atoms with van der Waals surface area (Å²) < 4.78 is 36.8. The highest BCUT2D eigenvalue weighted by Gasteiger charge is 2.30. The Labute approximate surface area is 95.5 Å². The van der Waals surface area contributed by atoms with Crippen LogP contribution in [0.2, 0.25) is 5.15 Å². The Balaban J connectivity index is 2.44. The number of alkyl halides is 3. The summed E-state index contributed by atoms with van der Waals surface area (Å²) in [5.74, 6) is 0. The van der Waals surface area contributed by atoms with E-state index in [1.165, 1.54) is 12.4 Å². The lowest BCUT2D eigenvalue weighted by atomic mass is 10.5. The molecule has 2 rings (SSSR count). The minimum Gasteiger partial charge on any atom is -0.235 e. The Morgan fingerprint density at radius 2 is 2.07 bits per heavy atom. The van der Waals surface area contributed by atoms with Crippen LogP contribution in [0, 0.1) is 0 Å². The molecule has 15 heavy (non-hydrogen) atoms. The zero-order chi connectivity index (χ0) is 11.1. The maximum atomic E-state index is 12.1. The summed E-state index contributed by atoms with van der Waals surface area (Å²) in [5.41, 5.74) is -3.85. The fraction of sp³-hybridized carbons (Fsp3) is 0.143. The Kier molecular flexibility index (Phi) is 2.78. The van der Waals surface area contributed by atoms with E-state index in [4.69, 9.17) is 11.6 Å². The monoisotopic (exact) mass is 270 g/mol. The van der Waals surface area contributed by atoms with Crippen LogP contribution in [0.1, 0.15) is 0 Å². The van der Waals surface area contributed by atoms with Gasteiger partial charge in [-0.1, -0.05) is 11.6 Å². The summed E-state index contributed by atoms with van der Waals surface area (Å²) in [6.07, 6.45) is 1.22. The molecule has 0 bridgehead atoms. The minimum absolute atomic E-state index is 0.111. The first kappa shape index (κ1) is 11.0. The molecule has 0 atom stereocenters. The van der Waals surface area contributed by atoms with Gasteiger partial charge >= 0.3 is 5.51 Å². The van der Waals surface area contributed by atoms with E-state index in [9.17, 15) is 13.2 Å². The van der Waals surface area contributed by atoms with Crippen LogP contribution < -0.4 is 0 Å². The van der Waals surface area contributed by atoms with Crippen molar-refractivity contribution in [1.29, 1.82) is 0 Å². The van der Waals surface area contributed by atoms with Crippen LogP contribution in [-0.4, -0.2) is 15.5 Å². The Morgan fingerprint density at radius 1 is 1.33 bits per heavy atom. The van der Waals surface area contributed by atoms with Crippen molar-refractivity contribution >= 4 is 44.9 Å². The molecule has 0 spiro atoms. The Morgan fingerprint density at radius 3 is 2.67 bits per heavy atom. The van der Waals surface area contributed by atoms with Crippen LogP contribution in [0.25, 0.3) is 10.2 Å². The number of thioether (sulfide) groups is 1. The average molecular weight is 271 g/mol. The van der Waals surface area contributed by atoms with Gasteiger partial charge in [0.25, 0.3) is 0 Å². The van der Waals surface area contributed by atoms with Gasteiger partial charge in [-0.15, -0.1) is 11.3 Å². The number of thiophene rings is 1. The van der Waals surface area contributed by atoms with Gasteiger partial charge in [0.1, 0.15) is 11.5 Å². The number of rotatable bonds is 1. The number of nitrogens with zero attached hydrogens (tertiary/aromatic N) is 2. The van der Waals surface area contributed by atoms with Gasteiger partial charge in [-0.05, 0) is 17.8 Å². The molecule has 0 N–H and O–H groups in total. The second-order valence-corrected chi connectivity index (χ2v) is 5.27. The summed E-state index contributed by atoms with van der Waals surface area (Å²) in [7, 11) is 0. The summed E-state index contributed by atoms with van der Waals surface area (Å²) in [6, 6.07) is 1.35. The van der Waals surface area contributed by atoms with E-state index in [2.05, 4.69) is 9.97 Å². The fourth-order valence-electron chi connectivity index (χ4n) is 0.968. The van der Waals surface area contributed by atoms with E-state index in [0.717, 1.165) is 11.3 Å². The van der Waals surface area contributed by atoms with Crippen molar-refractivity contribution in [3.8, 4) is 0 Å². The van der Waals surface area contributed by atoms with E-state index in [-0.39, 0.29) is 21.1 Å². The molecule has 0 aliphatic carbocycles. The van der Waals surface area contributed by atoms with E-state index in [1.807, 2.05) is 0 Å². The molecule has 2 nitrogen and oxygen atoms in total. The van der Waals surface area contributed by atoms with Crippen molar-refractivity contribution in [3.05, 3.63) is 17.5 Å². The predicted octanol–water partition coefficient (Wildman–Crippen LogP) is 3.96. The second kappa shape index (κ2) is 3.80. The lowest BCUT2D eigenvalue weighted by molar-refractivity contribution is -0.0326. The van der Waals surface area contributed by atoms with Crippen molar-refractivity contribution in [3.63, 3.8) is 0 Å². The molecule has 2 aromatic heterocycles. The number of halogens is 4. The van der Waals surface area contributed by atoms with Crippen LogP contribution in [0.3, 0.4) is 0 Å². The Bertz CT molecular complexity index is 496. The fourth-order valence-corrected chi connectivity index (χ4v) is 3.05. The van der Waals surface area contributed by atoms with Crippen LogP contribution in [0.4, 0.5) is 13.2 Å². The standard InChI is InChI=1S/C7H2ClF3N2S2/c8-6-5-3(12-2-13-6)1-4(14-5)15-7(9,10)11/h1-2H.